The number of ketones is 2. The molecule has 0 aromatic rings. The molecule has 1 fully saturated rings. The lowest BCUT2D eigenvalue weighted by Crippen LogP contribution is -2.27. The van der Waals surface area contributed by atoms with Crippen LogP contribution in [0.2, 0.25) is 0 Å². The van der Waals surface area contributed by atoms with Crippen molar-refractivity contribution in [3.63, 3.8) is 0 Å². The lowest BCUT2D eigenvalue weighted by Gasteiger charge is -2.26. The largest absolute Gasteiger partial charge is 0.299 e. The van der Waals surface area contributed by atoms with Crippen LogP contribution in [0.3, 0.4) is 0 Å². The van der Waals surface area contributed by atoms with Gasteiger partial charge in [-0.25, -0.2) is 0 Å². The van der Waals surface area contributed by atoms with Gasteiger partial charge < -0.3 is 0 Å². The average Bonchev–Trinajstić information content (AvgIpc) is 2.44. The molecule has 0 aromatic heterocycles. The Kier molecular flexibility index (Phi) is 2.36. The summed E-state index contributed by atoms with van der Waals surface area (Å²) >= 11 is 0. The molecule has 2 rings (SSSR count). The number of fused-ring (bicyclic) bond motifs is 1. The molecule has 0 radical (unpaired) electrons. The molecule has 2 nitrogen and oxygen atoms in total. The van der Waals surface area contributed by atoms with Gasteiger partial charge in [0, 0.05) is 11.8 Å². The quantitative estimate of drug-likeness (QED) is 0.492. The summed E-state index contributed by atoms with van der Waals surface area (Å²) in [4.78, 5) is 23.1. The number of allylic oxidation sites excluding steroid dienone is 3. The predicted molar refractivity (Wildman–Crippen MR) is 53.7 cm³/mol. The fourth-order valence-electron chi connectivity index (χ4n) is 2.60. The molecular formula is C12H14O2. The minimum Gasteiger partial charge on any atom is -0.299 e. The van der Waals surface area contributed by atoms with Gasteiger partial charge in [0.15, 0.2) is 0 Å². The molecule has 3 atom stereocenters. The highest BCUT2D eigenvalue weighted by Gasteiger charge is 2.45. The summed E-state index contributed by atoms with van der Waals surface area (Å²) in [5.41, 5.74) is 0. The van der Waals surface area contributed by atoms with Crippen molar-refractivity contribution in [2.24, 2.45) is 17.8 Å². The van der Waals surface area contributed by atoms with E-state index in [1.54, 1.807) is 0 Å². The number of carbonyl (C=O) groups excluding carboxylic acids is 2. The molecule has 0 aliphatic heterocycles. The fraction of sp³-hybridized carbons (Fsp3) is 0.500. The van der Waals surface area contributed by atoms with Gasteiger partial charge in [-0.1, -0.05) is 18.2 Å². The Hall–Kier alpha value is -1.18. The third kappa shape index (κ3) is 1.35. The maximum Gasteiger partial charge on any atom is 0.144 e. The Labute approximate surface area is 83.7 Å². The highest BCUT2D eigenvalue weighted by molar-refractivity contribution is 6.09. The van der Waals surface area contributed by atoms with E-state index in [1.807, 2.05) is 12.2 Å². The van der Waals surface area contributed by atoms with E-state index >= 15 is 0 Å². The maximum absolute atomic E-state index is 11.6. The second-order valence-corrected chi connectivity index (χ2v) is 4.09. The molecule has 0 amide bonds. The first-order valence-corrected chi connectivity index (χ1v) is 5.07. The first-order valence-electron chi connectivity index (χ1n) is 5.07. The van der Waals surface area contributed by atoms with E-state index in [4.69, 9.17) is 0 Å². The van der Waals surface area contributed by atoms with Crippen LogP contribution in [0.25, 0.3) is 0 Å². The Morgan fingerprint density at radius 1 is 1.43 bits per heavy atom. The molecule has 0 saturated heterocycles. The second-order valence-electron chi connectivity index (χ2n) is 4.09. The molecular weight excluding hydrogens is 176 g/mol. The summed E-state index contributed by atoms with van der Waals surface area (Å²) in [6, 6.07) is 0. The third-order valence-electron chi connectivity index (χ3n) is 3.24. The van der Waals surface area contributed by atoms with E-state index in [1.165, 1.54) is 0 Å². The van der Waals surface area contributed by atoms with Gasteiger partial charge in [0.25, 0.3) is 0 Å². The molecule has 2 heteroatoms. The van der Waals surface area contributed by atoms with Crippen LogP contribution in [0.5, 0.6) is 0 Å². The monoisotopic (exact) mass is 190 g/mol. The molecule has 0 N–H and O–H groups in total. The van der Waals surface area contributed by atoms with Crippen LogP contribution in [0.1, 0.15) is 19.3 Å². The zero-order valence-electron chi connectivity index (χ0n) is 8.11. The van der Waals surface area contributed by atoms with E-state index in [0.717, 1.165) is 12.8 Å². The molecule has 74 valence electrons. The van der Waals surface area contributed by atoms with Gasteiger partial charge in [0.1, 0.15) is 11.6 Å². The van der Waals surface area contributed by atoms with Gasteiger partial charge in [0.05, 0.1) is 6.42 Å². The summed E-state index contributed by atoms with van der Waals surface area (Å²) in [6.45, 7) is 3.68. The fourth-order valence-corrected chi connectivity index (χ4v) is 2.60. The van der Waals surface area contributed by atoms with Crippen LogP contribution in [-0.2, 0) is 9.59 Å². The standard InChI is InChI=1S/C12H14O2/c1-2-4-8-5-3-6-9-10(13)7-11(14)12(8)9/h2-3,5,8-9,12H,1,4,6-7H2. The number of Topliss-reactive ketones (excluding diaryl/α,β-unsaturated/α-hetero) is 2. The molecule has 2 aliphatic carbocycles. The molecule has 14 heavy (non-hydrogen) atoms. The van der Waals surface area contributed by atoms with Gasteiger partial charge in [-0.05, 0) is 18.8 Å². The third-order valence-corrected chi connectivity index (χ3v) is 3.24. The van der Waals surface area contributed by atoms with E-state index in [2.05, 4.69) is 12.7 Å². The molecule has 3 unspecified atom stereocenters. The minimum absolute atomic E-state index is 0.0301. The summed E-state index contributed by atoms with van der Waals surface area (Å²) in [7, 11) is 0. The van der Waals surface area contributed by atoms with Gasteiger partial charge in [-0.2, -0.15) is 0 Å². The van der Waals surface area contributed by atoms with Crippen LogP contribution < -0.4 is 0 Å². The normalized spacial score (nSPS) is 35.9. The van der Waals surface area contributed by atoms with Crippen LogP contribution in [-0.4, -0.2) is 11.6 Å². The smallest absolute Gasteiger partial charge is 0.144 e. The molecule has 2 aliphatic rings. The van der Waals surface area contributed by atoms with E-state index < -0.39 is 0 Å². The van der Waals surface area contributed by atoms with Crippen molar-refractivity contribution in [1.29, 1.82) is 0 Å². The van der Waals surface area contributed by atoms with Crippen LogP contribution in [0, 0.1) is 17.8 Å². The van der Waals surface area contributed by atoms with E-state index in [0.29, 0.717) is 0 Å². The van der Waals surface area contributed by atoms with Crippen LogP contribution in [0.15, 0.2) is 24.8 Å². The summed E-state index contributed by atoms with van der Waals surface area (Å²) in [5, 5.41) is 0. The molecule has 0 aromatic carbocycles. The number of carbonyl (C=O) groups is 2. The Morgan fingerprint density at radius 3 is 2.93 bits per heavy atom. The number of rotatable bonds is 2. The summed E-state index contributed by atoms with van der Waals surface area (Å²) in [6.07, 6.45) is 7.64. The first kappa shape index (κ1) is 9.38. The van der Waals surface area contributed by atoms with Gasteiger partial charge in [-0.15, -0.1) is 6.58 Å². The Balaban J connectivity index is 2.25. The number of hydrogen-bond acceptors (Lipinski definition) is 2. The summed E-state index contributed by atoms with van der Waals surface area (Å²) < 4.78 is 0. The molecule has 0 bridgehead atoms. The van der Waals surface area contributed by atoms with E-state index in [-0.39, 0.29) is 35.7 Å². The average molecular weight is 190 g/mol. The Morgan fingerprint density at radius 2 is 2.21 bits per heavy atom. The zero-order chi connectivity index (χ0) is 10.1. The van der Waals surface area contributed by atoms with Crippen molar-refractivity contribution in [3.8, 4) is 0 Å². The summed E-state index contributed by atoms with van der Waals surface area (Å²) in [5.74, 6) is 0.405. The van der Waals surface area contributed by atoms with Crippen molar-refractivity contribution < 1.29 is 9.59 Å². The topological polar surface area (TPSA) is 34.1 Å². The lowest BCUT2D eigenvalue weighted by atomic mass is 9.76. The van der Waals surface area contributed by atoms with Crippen molar-refractivity contribution in [3.05, 3.63) is 24.8 Å². The van der Waals surface area contributed by atoms with E-state index in [9.17, 15) is 9.59 Å². The first-order chi connectivity index (χ1) is 6.74. The van der Waals surface area contributed by atoms with Gasteiger partial charge in [0.2, 0.25) is 0 Å². The lowest BCUT2D eigenvalue weighted by molar-refractivity contribution is -0.123. The van der Waals surface area contributed by atoms with Gasteiger partial charge >= 0.3 is 0 Å². The predicted octanol–water partition coefficient (Wildman–Crippen LogP) is 1.91. The molecule has 0 heterocycles. The van der Waals surface area contributed by atoms with Crippen LogP contribution in [0.4, 0.5) is 0 Å². The SMILES string of the molecule is C=CCC1C=CCC2C(=O)CC(=O)C12. The van der Waals surface area contributed by atoms with Gasteiger partial charge in [-0.3, -0.25) is 9.59 Å². The number of hydrogen-bond donors (Lipinski definition) is 0. The van der Waals surface area contributed by atoms with Crippen molar-refractivity contribution >= 4 is 11.6 Å². The highest BCUT2D eigenvalue weighted by Crippen LogP contribution is 2.39. The molecule has 0 spiro atoms. The highest BCUT2D eigenvalue weighted by atomic mass is 16.2. The minimum atomic E-state index is -0.0505. The second kappa shape index (κ2) is 3.52. The van der Waals surface area contributed by atoms with Crippen LogP contribution >= 0.6 is 0 Å². The van der Waals surface area contributed by atoms with Crippen molar-refractivity contribution in [2.45, 2.75) is 19.3 Å². The maximum atomic E-state index is 11.6. The Bertz CT molecular complexity index is 314. The van der Waals surface area contributed by atoms with Crippen molar-refractivity contribution in [2.75, 3.05) is 0 Å². The zero-order valence-corrected chi connectivity index (χ0v) is 8.11. The molecule has 1 saturated carbocycles. The van der Waals surface area contributed by atoms with Crippen molar-refractivity contribution in [1.82, 2.24) is 0 Å².